The molecule has 1 amide bonds. The predicted octanol–water partition coefficient (Wildman–Crippen LogP) is 2.10. The van der Waals surface area contributed by atoms with Crippen LogP contribution in [-0.2, 0) is 0 Å². The second kappa shape index (κ2) is 7.27. The molecular weight excluding hydrogens is 288 g/mol. The molecule has 5 nitrogen and oxygen atoms in total. The van der Waals surface area contributed by atoms with Crippen LogP contribution in [0.25, 0.3) is 0 Å². The van der Waals surface area contributed by atoms with Crippen molar-refractivity contribution in [2.24, 2.45) is 5.92 Å². The highest BCUT2D eigenvalue weighted by molar-refractivity contribution is 5.92. The summed E-state index contributed by atoms with van der Waals surface area (Å²) in [6, 6.07) is 2.27. The summed E-state index contributed by atoms with van der Waals surface area (Å²) in [7, 11) is 0. The van der Waals surface area contributed by atoms with Gasteiger partial charge in [-0.1, -0.05) is 6.92 Å². The van der Waals surface area contributed by atoms with E-state index in [0.717, 1.165) is 51.4 Å². The minimum Gasteiger partial charge on any atom is -0.337 e. The first-order valence-corrected chi connectivity index (χ1v) is 7.79. The Morgan fingerprint density at radius 3 is 2.76 bits per heavy atom. The Bertz CT molecular complexity index is 462. The van der Waals surface area contributed by atoms with Crippen LogP contribution in [0.2, 0.25) is 0 Å². The number of hydrogen-bond acceptors (Lipinski definition) is 3. The van der Waals surface area contributed by atoms with Crippen molar-refractivity contribution in [1.82, 2.24) is 20.0 Å². The fourth-order valence-corrected chi connectivity index (χ4v) is 3.09. The number of carbonyl (C=O) groups is 1. The smallest absolute Gasteiger partial charge is 0.274 e. The maximum Gasteiger partial charge on any atom is 0.274 e. The maximum absolute atomic E-state index is 12.4. The fourth-order valence-electron chi connectivity index (χ4n) is 3.09. The van der Waals surface area contributed by atoms with E-state index in [1.165, 1.54) is 6.42 Å². The second-order valence-electron chi connectivity index (χ2n) is 6.16. The monoisotopic (exact) mass is 312 g/mol. The van der Waals surface area contributed by atoms with Crippen LogP contribution in [0.5, 0.6) is 0 Å². The van der Waals surface area contributed by atoms with Crippen molar-refractivity contribution in [2.75, 3.05) is 26.2 Å². The lowest BCUT2D eigenvalue weighted by atomic mass is 9.99. The van der Waals surface area contributed by atoms with Crippen molar-refractivity contribution in [2.45, 2.75) is 38.6 Å². The highest BCUT2D eigenvalue weighted by Crippen LogP contribution is 2.19. The molecule has 2 fully saturated rings. The first kappa shape index (κ1) is 16.3. The molecule has 0 bridgehead atoms. The zero-order valence-electron chi connectivity index (χ0n) is 12.6. The van der Waals surface area contributed by atoms with Crippen LogP contribution in [0, 0.1) is 5.92 Å². The molecule has 0 saturated carbocycles. The van der Waals surface area contributed by atoms with Crippen molar-refractivity contribution in [1.29, 1.82) is 0 Å². The number of nitrogens with one attached hydrogen (secondary N) is 1. The Balaban J connectivity index is 0.00000161. The highest BCUT2D eigenvalue weighted by atomic mass is 35.5. The maximum atomic E-state index is 12.4. The zero-order chi connectivity index (χ0) is 13.9. The number of halogens is 1. The molecule has 0 aromatic carbocycles. The van der Waals surface area contributed by atoms with Crippen LogP contribution in [0.15, 0.2) is 12.3 Å². The van der Waals surface area contributed by atoms with E-state index in [2.05, 4.69) is 17.3 Å². The summed E-state index contributed by atoms with van der Waals surface area (Å²) in [4.78, 5) is 14.4. The average molecular weight is 313 g/mol. The van der Waals surface area contributed by atoms with Crippen LogP contribution in [0.4, 0.5) is 0 Å². The summed E-state index contributed by atoms with van der Waals surface area (Å²) in [5.41, 5.74) is 0.602. The molecule has 1 atom stereocenters. The number of rotatable bonds is 2. The molecule has 1 aromatic rings. The Morgan fingerprint density at radius 1 is 1.33 bits per heavy atom. The summed E-state index contributed by atoms with van der Waals surface area (Å²) < 4.78 is 1.96. The molecule has 118 valence electrons. The van der Waals surface area contributed by atoms with Crippen molar-refractivity contribution >= 4 is 18.3 Å². The molecule has 0 aliphatic carbocycles. The Kier molecular flexibility index (Phi) is 5.65. The van der Waals surface area contributed by atoms with Gasteiger partial charge in [0.2, 0.25) is 0 Å². The van der Waals surface area contributed by atoms with E-state index in [1.807, 2.05) is 21.8 Å². The van der Waals surface area contributed by atoms with Gasteiger partial charge in [0.1, 0.15) is 5.69 Å². The standard InChI is InChI=1S/C15H24N4O.ClH/c1-12-4-8-18(9-5-12)15(20)14-6-10-19(17-14)13-3-2-7-16-11-13;/h6,10,12-13,16H,2-5,7-9,11H2,1H3;1H. The molecular formula is C15H25ClN4O. The normalized spacial score (nSPS) is 23.7. The van der Waals surface area contributed by atoms with Gasteiger partial charge in [0.05, 0.1) is 6.04 Å². The van der Waals surface area contributed by atoms with Crippen LogP contribution < -0.4 is 5.32 Å². The van der Waals surface area contributed by atoms with Gasteiger partial charge in [-0.15, -0.1) is 12.4 Å². The van der Waals surface area contributed by atoms with Crippen molar-refractivity contribution in [3.8, 4) is 0 Å². The average Bonchev–Trinajstić information content (AvgIpc) is 2.98. The van der Waals surface area contributed by atoms with E-state index < -0.39 is 0 Å². The summed E-state index contributed by atoms with van der Waals surface area (Å²) in [6.07, 6.45) is 6.50. The first-order chi connectivity index (χ1) is 9.74. The number of aromatic nitrogens is 2. The van der Waals surface area contributed by atoms with E-state index in [-0.39, 0.29) is 18.3 Å². The molecule has 1 aromatic heterocycles. The van der Waals surface area contributed by atoms with E-state index in [4.69, 9.17) is 0 Å². The van der Waals surface area contributed by atoms with Gasteiger partial charge in [-0.05, 0) is 44.2 Å². The molecule has 21 heavy (non-hydrogen) atoms. The topological polar surface area (TPSA) is 50.2 Å². The van der Waals surface area contributed by atoms with Crippen molar-refractivity contribution < 1.29 is 4.79 Å². The van der Waals surface area contributed by atoms with Gasteiger partial charge in [-0.3, -0.25) is 9.48 Å². The molecule has 1 unspecified atom stereocenters. The van der Waals surface area contributed by atoms with Gasteiger partial charge in [0.15, 0.2) is 0 Å². The van der Waals surface area contributed by atoms with E-state index in [0.29, 0.717) is 11.7 Å². The number of carbonyl (C=O) groups excluding carboxylic acids is 1. The molecule has 2 aliphatic heterocycles. The highest BCUT2D eigenvalue weighted by Gasteiger charge is 2.24. The van der Waals surface area contributed by atoms with Gasteiger partial charge in [-0.2, -0.15) is 5.10 Å². The SMILES string of the molecule is CC1CCN(C(=O)c2ccn(C3CCCNC3)n2)CC1.Cl. The largest absolute Gasteiger partial charge is 0.337 e. The lowest BCUT2D eigenvalue weighted by Crippen LogP contribution is -2.38. The van der Waals surface area contributed by atoms with Gasteiger partial charge in [-0.25, -0.2) is 0 Å². The fraction of sp³-hybridized carbons (Fsp3) is 0.733. The lowest BCUT2D eigenvalue weighted by molar-refractivity contribution is 0.0690. The molecule has 0 spiro atoms. The number of piperidine rings is 2. The molecule has 2 aliphatic rings. The zero-order valence-corrected chi connectivity index (χ0v) is 13.4. The quantitative estimate of drug-likeness (QED) is 0.910. The van der Waals surface area contributed by atoms with Crippen LogP contribution in [0.1, 0.15) is 49.1 Å². The third-order valence-electron chi connectivity index (χ3n) is 4.54. The summed E-state index contributed by atoms with van der Waals surface area (Å²) in [6.45, 7) is 6.05. The third kappa shape index (κ3) is 3.77. The molecule has 6 heteroatoms. The van der Waals surface area contributed by atoms with Gasteiger partial charge < -0.3 is 10.2 Å². The predicted molar refractivity (Wildman–Crippen MR) is 84.9 cm³/mol. The van der Waals surface area contributed by atoms with Crippen LogP contribution in [0.3, 0.4) is 0 Å². The second-order valence-corrected chi connectivity index (χ2v) is 6.16. The minimum absolute atomic E-state index is 0. The summed E-state index contributed by atoms with van der Waals surface area (Å²) >= 11 is 0. The van der Waals surface area contributed by atoms with Crippen LogP contribution >= 0.6 is 12.4 Å². The molecule has 2 saturated heterocycles. The van der Waals surface area contributed by atoms with Gasteiger partial charge in [0.25, 0.3) is 5.91 Å². The lowest BCUT2D eigenvalue weighted by Gasteiger charge is -2.29. The number of nitrogens with zero attached hydrogens (tertiary/aromatic N) is 3. The Morgan fingerprint density at radius 2 is 2.10 bits per heavy atom. The first-order valence-electron chi connectivity index (χ1n) is 7.79. The van der Waals surface area contributed by atoms with Gasteiger partial charge >= 0.3 is 0 Å². The minimum atomic E-state index is 0. The molecule has 1 N–H and O–H groups in total. The van der Waals surface area contributed by atoms with Gasteiger partial charge in [0, 0.05) is 25.8 Å². The number of amides is 1. The number of hydrogen-bond donors (Lipinski definition) is 1. The van der Waals surface area contributed by atoms with E-state index in [9.17, 15) is 4.79 Å². The molecule has 0 radical (unpaired) electrons. The Labute approximate surface area is 132 Å². The van der Waals surface area contributed by atoms with E-state index in [1.54, 1.807) is 0 Å². The summed E-state index contributed by atoms with van der Waals surface area (Å²) in [5.74, 6) is 0.837. The molecule has 3 heterocycles. The van der Waals surface area contributed by atoms with Crippen molar-refractivity contribution in [3.05, 3.63) is 18.0 Å². The van der Waals surface area contributed by atoms with Crippen molar-refractivity contribution in [3.63, 3.8) is 0 Å². The summed E-state index contributed by atoms with van der Waals surface area (Å²) in [5, 5.41) is 7.90. The third-order valence-corrected chi connectivity index (χ3v) is 4.54. The number of likely N-dealkylation sites (tertiary alicyclic amines) is 1. The van der Waals surface area contributed by atoms with E-state index >= 15 is 0 Å². The Hall–Kier alpha value is -1.07. The van der Waals surface area contributed by atoms with Crippen LogP contribution in [-0.4, -0.2) is 46.8 Å². The molecule has 3 rings (SSSR count).